The molecule has 1 aromatic heterocycles. The SMILES string of the molecule is O=C(CSc1nc2ccccc2n1Cc1ccc(Cl)cc1)NN=Cc1ccccc1Br. The van der Waals surface area contributed by atoms with Crippen molar-refractivity contribution in [2.75, 3.05) is 5.75 Å². The lowest BCUT2D eigenvalue weighted by Crippen LogP contribution is -2.20. The lowest BCUT2D eigenvalue weighted by Gasteiger charge is -2.09. The zero-order valence-corrected chi connectivity index (χ0v) is 19.5. The van der Waals surface area contributed by atoms with E-state index in [1.54, 1.807) is 6.21 Å². The number of nitrogens with zero attached hydrogens (tertiary/aromatic N) is 3. The van der Waals surface area contributed by atoms with Crippen LogP contribution in [0.5, 0.6) is 0 Å². The molecule has 5 nitrogen and oxygen atoms in total. The number of rotatable bonds is 7. The predicted octanol–water partition coefficient (Wildman–Crippen LogP) is 5.74. The fourth-order valence-electron chi connectivity index (χ4n) is 3.00. The Hall–Kier alpha value is -2.61. The molecule has 0 aliphatic heterocycles. The maximum atomic E-state index is 12.3. The average Bonchev–Trinajstić information content (AvgIpc) is 3.12. The molecule has 156 valence electrons. The average molecular weight is 514 g/mol. The molecule has 4 rings (SSSR count). The summed E-state index contributed by atoms with van der Waals surface area (Å²) in [5.41, 5.74) is 6.49. The molecule has 0 spiro atoms. The largest absolute Gasteiger partial charge is 0.314 e. The van der Waals surface area contributed by atoms with Crippen molar-refractivity contribution in [3.8, 4) is 0 Å². The van der Waals surface area contributed by atoms with Crippen molar-refractivity contribution in [2.24, 2.45) is 5.10 Å². The Kier molecular flexibility index (Phi) is 7.06. The third-order valence-corrected chi connectivity index (χ3v) is 6.45. The van der Waals surface area contributed by atoms with Crippen LogP contribution in [0.3, 0.4) is 0 Å². The van der Waals surface area contributed by atoms with E-state index in [1.807, 2.05) is 72.8 Å². The van der Waals surface area contributed by atoms with E-state index in [-0.39, 0.29) is 11.7 Å². The summed E-state index contributed by atoms with van der Waals surface area (Å²) in [6, 6.07) is 23.4. The number of hydrazone groups is 1. The van der Waals surface area contributed by atoms with E-state index < -0.39 is 0 Å². The highest BCUT2D eigenvalue weighted by Gasteiger charge is 2.13. The summed E-state index contributed by atoms with van der Waals surface area (Å²) >= 11 is 10.8. The van der Waals surface area contributed by atoms with Gasteiger partial charge < -0.3 is 4.57 Å². The molecule has 0 aliphatic carbocycles. The van der Waals surface area contributed by atoms with E-state index in [1.165, 1.54) is 11.8 Å². The quantitative estimate of drug-likeness (QED) is 0.195. The van der Waals surface area contributed by atoms with E-state index >= 15 is 0 Å². The number of benzene rings is 3. The summed E-state index contributed by atoms with van der Waals surface area (Å²) in [5, 5.41) is 5.53. The fourth-order valence-corrected chi connectivity index (χ4v) is 4.32. The van der Waals surface area contributed by atoms with Gasteiger partial charge in [-0.05, 0) is 35.9 Å². The van der Waals surface area contributed by atoms with E-state index in [4.69, 9.17) is 16.6 Å². The molecule has 0 unspecified atom stereocenters. The van der Waals surface area contributed by atoms with E-state index in [0.29, 0.717) is 11.6 Å². The number of nitrogens with one attached hydrogen (secondary N) is 1. The van der Waals surface area contributed by atoms with Gasteiger partial charge in [-0.1, -0.05) is 81.8 Å². The smallest absolute Gasteiger partial charge is 0.250 e. The molecular formula is C23H18BrClN4OS. The number of amides is 1. The lowest BCUT2D eigenvalue weighted by atomic mass is 10.2. The first-order valence-corrected chi connectivity index (χ1v) is 11.6. The molecular weight excluding hydrogens is 496 g/mol. The molecule has 0 fully saturated rings. The first-order valence-electron chi connectivity index (χ1n) is 9.49. The van der Waals surface area contributed by atoms with Gasteiger partial charge in [0.1, 0.15) is 0 Å². The van der Waals surface area contributed by atoms with Crippen LogP contribution >= 0.6 is 39.3 Å². The van der Waals surface area contributed by atoms with Crippen molar-refractivity contribution >= 4 is 62.4 Å². The standard InChI is InChI=1S/C23H18BrClN4OS/c24-19-6-2-1-5-17(19)13-26-28-22(30)15-31-23-27-20-7-3-4-8-21(20)29(23)14-16-9-11-18(25)12-10-16/h1-13H,14-15H2,(H,28,30). The van der Waals surface area contributed by atoms with Gasteiger partial charge in [0.2, 0.25) is 0 Å². The van der Waals surface area contributed by atoms with Gasteiger partial charge >= 0.3 is 0 Å². The zero-order valence-electron chi connectivity index (χ0n) is 16.3. The van der Waals surface area contributed by atoms with Crippen molar-refractivity contribution in [3.63, 3.8) is 0 Å². The summed E-state index contributed by atoms with van der Waals surface area (Å²) in [7, 11) is 0. The third-order valence-electron chi connectivity index (χ3n) is 4.50. The van der Waals surface area contributed by atoms with Crippen LogP contribution in [0, 0.1) is 0 Å². The molecule has 1 amide bonds. The van der Waals surface area contributed by atoms with Crippen molar-refractivity contribution < 1.29 is 4.79 Å². The summed E-state index contributed by atoms with van der Waals surface area (Å²) in [6.07, 6.45) is 1.61. The van der Waals surface area contributed by atoms with Gasteiger partial charge in [0, 0.05) is 15.1 Å². The second kappa shape index (κ2) is 10.1. The van der Waals surface area contributed by atoms with Crippen molar-refractivity contribution in [1.82, 2.24) is 15.0 Å². The Morgan fingerprint density at radius 3 is 2.65 bits per heavy atom. The first kappa shape index (κ1) is 21.6. The predicted molar refractivity (Wildman–Crippen MR) is 131 cm³/mol. The van der Waals surface area contributed by atoms with Crippen LogP contribution in [0.25, 0.3) is 11.0 Å². The molecule has 4 aromatic rings. The Balaban J connectivity index is 1.46. The topological polar surface area (TPSA) is 59.3 Å². The fraction of sp³-hybridized carbons (Fsp3) is 0.0870. The van der Waals surface area contributed by atoms with Crippen molar-refractivity contribution in [1.29, 1.82) is 0 Å². The molecule has 1 heterocycles. The van der Waals surface area contributed by atoms with Crippen LogP contribution in [-0.2, 0) is 11.3 Å². The molecule has 0 atom stereocenters. The number of thioether (sulfide) groups is 1. The molecule has 3 aromatic carbocycles. The number of imidazole rings is 1. The number of carbonyl (C=O) groups excluding carboxylic acids is 1. The van der Waals surface area contributed by atoms with E-state index in [2.05, 4.69) is 31.0 Å². The molecule has 31 heavy (non-hydrogen) atoms. The molecule has 0 saturated carbocycles. The zero-order chi connectivity index (χ0) is 21.6. The van der Waals surface area contributed by atoms with Gasteiger partial charge in [-0.2, -0.15) is 5.10 Å². The number of halogens is 2. The molecule has 0 aliphatic rings. The van der Waals surface area contributed by atoms with Crippen LogP contribution in [0.4, 0.5) is 0 Å². The molecule has 1 N–H and O–H groups in total. The number of hydrogen-bond donors (Lipinski definition) is 1. The van der Waals surface area contributed by atoms with Crippen LogP contribution in [-0.4, -0.2) is 27.4 Å². The van der Waals surface area contributed by atoms with Crippen molar-refractivity contribution in [2.45, 2.75) is 11.7 Å². The van der Waals surface area contributed by atoms with Crippen molar-refractivity contribution in [3.05, 3.63) is 93.4 Å². The Morgan fingerprint density at radius 2 is 1.84 bits per heavy atom. The summed E-state index contributed by atoms with van der Waals surface area (Å²) < 4.78 is 3.03. The molecule has 8 heteroatoms. The van der Waals surface area contributed by atoms with Gasteiger partial charge in [0.15, 0.2) is 5.16 Å². The number of fused-ring (bicyclic) bond motifs is 1. The van der Waals surface area contributed by atoms with Gasteiger partial charge in [-0.25, -0.2) is 10.4 Å². The monoisotopic (exact) mass is 512 g/mol. The summed E-state index contributed by atoms with van der Waals surface area (Å²) in [6.45, 7) is 0.641. The van der Waals surface area contributed by atoms with E-state index in [9.17, 15) is 4.79 Å². The minimum Gasteiger partial charge on any atom is -0.314 e. The maximum absolute atomic E-state index is 12.3. The number of hydrogen-bond acceptors (Lipinski definition) is 4. The first-order chi connectivity index (χ1) is 15.1. The second-order valence-electron chi connectivity index (χ2n) is 6.70. The second-order valence-corrected chi connectivity index (χ2v) is 8.93. The normalized spacial score (nSPS) is 11.3. The maximum Gasteiger partial charge on any atom is 0.250 e. The Labute approximate surface area is 197 Å². The Morgan fingerprint density at radius 1 is 1.10 bits per heavy atom. The van der Waals surface area contributed by atoms with Crippen LogP contribution in [0.15, 0.2) is 87.5 Å². The highest BCUT2D eigenvalue weighted by atomic mass is 79.9. The van der Waals surface area contributed by atoms with Gasteiger partial charge in [-0.15, -0.1) is 0 Å². The third kappa shape index (κ3) is 5.55. The minimum atomic E-state index is -0.196. The van der Waals surface area contributed by atoms with Crippen LogP contribution in [0.2, 0.25) is 5.02 Å². The van der Waals surface area contributed by atoms with Crippen LogP contribution < -0.4 is 5.43 Å². The highest BCUT2D eigenvalue weighted by molar-refractivity contribution is 9.10. The summed E-state index contributed by atoms with van der Waals surface area (Å²) in [4.78, 5) is 17.0. The molecule has 0 bridgehead atoms. The van der Waals surface area contributed by atoms with E-state index in [0.717, 1.165) is 31.8 Å². The van der Waals surface area contributed by atoms with Crippen LogP contribution in [0.1, 0.15) is 11.1 Å². The lowest BCUT2D eigenvalue weighted by molar-refractivity contribution is -0.118. The number of aromatic nitrogens is 2. The van der Waals surface area contributed by atoms with Gasteiger partial charge in [0.25, 0.3) is 5.91 Å². The minimum absolute atomic E-state index is 0.196. The van der Waals surface area contributed by atoms with Gasteiger partial charge in [-0.3, -0.25) is 4.79 Å². The Bertz CT molecular complexity index is 1240. The number of carbonyl (C=O) groups is 1. The summed E-state index contributed by atoms with van der Waals surface area (Å²) in [5.74, 6) is 0.00967. The highest BCUT2D eigenvalue weighted by Crippen LogP contribution is 2.25. The van der Waals surface area contributed by atoms with Gasteiger partial charge in [0.05, 0.1) is 29.5 Å². The molecule has 0 radical (unpaired) electrons. The number of para-hydroxylation sites is 2. The molecule has 0 saturated heterocycles.